The fraction of sp³-hybridized carbons (Fsp3) is 0.214. The molecule has 4 heteroatoms. The maximum absolute atomic E-state index is 6.44. The van der Waals surface area contributed by atoms with Crippen LogP contribution in [-0.2, 0) is 6.42 Å². The van der Waals surface area contributed by atoms with Crippen molar-refractivity contribution in [2.24, 2.45) is 0 Å². The normalized spacial score (nSPS) is 12.4. The highest BCUT2D eigenvalue weighted by atomic mass is 79.9. The van der Waals surface area contributed by atoms with Gasteiger partial charge in [-0.15, -0.1) is 11.6 Å². The number of alkyl halides is 1. The van der Waals surface area contributed by atoms with Gasteiger partial charge < -0.3 is 0 Å². The van der Waals surface area contributed by atoms with Gasteiger partial charge in [0.1, 0.15) is 0 Å². The van der Waals surface area contributed by atoms with E-state index in [9.17, 15) is 0 Å². The van der Waals surface area contributed by atoms with Gasteiger partial charge in [0, 0.05) is 22.8 Å². The summed E-state index contributed by atoms with van der Waals surface area (Å²) in [6.07, 6.45) is 2.46. The highest BCUT2D eigenvalue weighted by Crippen LogP contribution is 2.35. The number of aryl methyl sites for hydroxylation is 1. The highest BCUT2D eigenvalue weighted by Gasteiger charge is 2.15. The SMILES string of the molecule is Cc1cccnc1CC(Cl)c1cccc(Br)c1Cl. The van der Waals surface area contributed by atoms with Crippen molar-refractivity contribution in [2.45, 2.75) is 18.7 Å². The quantitative estimate of drug-likeness (QED) is 0.686. The third-order valence-corrected chi connectivity index (χ3v) is 4.51. The number of rotatable bonds is 3. The first-order chi connectivity index (χ1) is 8.59. The molecule has 18 heavy (non-hydrogen) atoms. The first kappa shape index (κ1) is 13.9. The lowest BCUT2D eigenvalue weighted by Crippen LogP contribution is -2.01. The maximum atomic E-state index is 6.44. The second-order valence-electron chi connectivity index (χ2n) is 4.08. The first-order valence-corrected chi connectivity index (χ1v) is 7.19. The van der Waals surface area contributed by atoms with Gasteiger partial charge in [0.15, 0.2) is 0 Å². The van der Waals surface area contributed by atoms with Crippen LogP contribution in [0, 0.1) is 6.92 Å². The average molecular weight is 345 g/mol. The fourth-order valence-electron chi connectivity index (χ4n) is 1.77. The number of nitrogens with zero attached hydrogens (tertiary/aromatic N) is 1. The zero-order valence-electron chi connectivity index (χ0n) is 9.83. The fourth-order valence-corrected chi connectivity index (χ4v) is 2.80. The molecule has 1 atom stereocenters. The van der Waals surface area contributed by atoms with Gasteiger partial charge in [0.2, 0.25) is 0 Å². The van der Waals surface area contributed by atoms with E-state index in [1.165, 1.54) is 0 Å². The summed E-state index contributed by atoms with van der Waals surface area (Å²) in [6.45, 7) is 2.04. The molecule has 0 aliphatic rings. The minimum Gasteiger partial charge on any atom is -0.261 e. The van der Waals surface area contributed by atoms with Crippen molar-refractivity contribution in [3.05, 3.63) is 62.8 Å². The molecule has 0 fully saturated rings. The summed E-state index contributed by atoms with van der Waals surface area (Å²) in [5.74, 6) is 0. The zero-order valence-corrected chi connectivity index (χ0v) is 12.9. The van der Waals surface area contributed by atoms with Crippen LogP contribution in [0.2, 0.25) is 5.02 Å². The smallest absolute Gasteiger partial charge is 0.0655 e. The average Bonchev–Trinajstić information content (AvgIpc) is 2.35. The van der Waals surface area contributed by atoms with E-state index >= 15 is 0 Å². The molecule has 2 aromatic rings. The van der Waals surface area contributed by atoms with E-state index < -0.39 is 0 Å². The van der Waals surface area contributed by atoms with Crippen LogP contribution < -0.4 is 0 Å². The molecule has 2 rings (SSSR count). The molecular weight excluding hydrogens is 333 g/mol. The molecular formula is C14H12BrCl2N. The molecule has 0 N–H and O–H groups in total. The number of pyridine rings is 1. The van der Waals surface area contributed by atoms with Gasteiger partial charge in [-0.2, -0.15) is 0 Å². The Kier molecular flexibility index (Phi) is 4.66. The summed E-state index contributed by atoms with van der Waals surface area (Å²) in [6, 6.07) is 9.75. The van der Waals surface area contributed by atoms with Gasteiger partial charge in [-0.25, -0.2) is 0 Å². The van der Waals surface area contributed by atoms with E-state index in [0.29, 0.717) is 11.4 Å². The van der Waals surface area contributed by atoms with E-state index in [2.05, 4.69) is 20.9 Å². The van der Waals surface area contributed by atoms with Gasteiger partial charge in [-0.1, -0.05) is 29.8 Å². The first-order valence-electron chi connectivity index (χ1n) is 5.58. The molecule has 0 spiro atoms. The summed E-state index contributed by atoms with van der Waals surface area (Å²) in [5, 5.41) is 0.495. The molecule has 1 heterocycles. The van der Waals surface area contributed by atoms with Crippen molar-refractivity contribution in [1.29, 1.82) is 0 Å². The van der Waals surface area contributed by atoms with Crippen LogP contribution in [0.5, 0.6) is 0 Å². The van der Waals surface area contributed by atoms with E-state index in [0.717, 1.165) is 21.3 Å². The molecule has 0 bridgehead atoms. The summed E-state index contributed by atoms with van der Waals surface area (Å²) in [4.78, 5) is 4.36. The van der Waals surface area contributed by atoms with Crippen LogP contribution in [0.25, 0.3) is 0 Å². The van der Waals surface area contributed by atoms with Gasteiger partial charge in [0.05, 0.1) is 10.4 Å². The van der Waals surface area contributed by atoms with Gasteiger partial charge >= 0.3 is 0 Å². The predicted octanol–water partition coefficient (Wildman–Crippen LogP) is 5.33. The molecule has 0 saturated heterocycles. The molecule has 1 nitrogen and oxygen atoms in total. The van der Waals surface area contributed by atoms with Crippen molar-refractivity contribution in [2.75, 3.05) is 0 Å². The second kappa shape index (κ2) is 6.05. The molecule has 0 radical (unpaired) electrons. The van der Waals surface area contributed by atoms with Gasteiger partial charge in [-0.3, -0.25) is 4.98 Å². The lowest BCUT2D eigenvalue weighted by molar-refractivity contribution is 0.869. The van der Waals surface area contributed by atoms with Crippen LogP contribution in [-0.4, -0.2) is 4.98 Å². The van der Waals surface area contributed by atoms with E-state index in [-0.39, 0.29) is 5.38 Å². The topological polar surface area (TPSA) is 12.9 Å². The standard InChI is InChI=1S/C14H12BrCl2N/c1-9-4-3-7-18-13(9)8-12(16)10-5-2-6-11(15)14(10)17/h2-7,12H,8H2,1H3. The van der Waals surface area contributed by atoms with Gasteiger partial charge in [-0.05, 0) is 46.1 Å². The highest BCUT2D eigenvalue weighted by molar-refractivity contribution is 9.10. The van der Waals surface area contributed by atoms with Crippen LogP contribution >= 0.6 is 39.1 Å². The lowest BCUT2D eigenvalue weighted by atomic mass is 10.0. The van der Waals surface area contributed by atoms with Crippen molar-refractivity contribution in [1.82, 2.24) is 4.98 Å². The Hall–Kier alpha value is -0.570. The number of hydrogen-bond acceptors (Lipinski definition) is 1. The van der Waals surface area contributed by atoms with Crippen LogP contribution in [0.3, 0.4) is 0 Å². The van der Waals surface area contributed by atoms with Crippen LogP contribution in [0.4, 0.5) is 0 Å². The van der Waals surface area contributed by atoms with Crippen molar-refractivity contribution in [3.8, 4) is 0 Å². The molecule has 1 unspecified atom stereocenters. The Balaban J connectivity index is 2.25. The van der Waals surface area contributed by atoms with E-state index in [1.54, 1.807) is 6.20 Å². The van der Waals surface area contributed by atoms with Crippen molar-refractivity contribution in [3.63, 3.8) is 0 Å². The van der Waals surface area contributed by atoms with E-state index in [1.807, 2.05) is 37.3 Å². The van der Waals surface area contributed by atoms with Crippen LogP contribution in [0.1, 0.15) is 22.2 Å². The summed E-state index contributed by atoms with van der Waals surface area (Å²) in [5.41, 5.74) is 3.08. The Morgan fingerprint density at radius 1 is 1.28 bits per heavy atom. The Bertz CT molecular complexity index is 557. The third-order valence-electron chi connectivity index (χ3n) is 2.81. The molecule has 0 saturated carbocycles. The second-order valence-corrected chi connectivity index (χ2v) is 5.84. The van der Waals surface area contributed by atoms with Crippen LogP contribution in [0.15, 0.2) is 41.0 Å². The molecule has 0 aliphatic heterocycles. The number of aromatic nitrogens is 1. The minimum absolute atomic E-state index is 0.177. The molecule has 0 aliphatic carbocycles. The number of halogens is 3. The van der Waals surface area contributed by atoms with E-state index in [4.69, 9.17) is 23.2 Å². The largest absolute Gasteiger partial charge is 0.261 e. The van der Waals surface area contributed by atoms with Gasteiger partial charge in [0.25, 0.3) is 0 Å². The van der Waals surface area contributed by atoms with Crippen molar-refractivity contribution >= 4 is 39.1 Å². The monoisotopic (exact) mass is 343 g/mol. The number of benzene rings is 1. The summed E-state index contributed by atoms with van der Waals surface area (Å²) in [7, 11) is 0. The number of hydrogen-bond donors (Lipinski definition) is 0. The molecule has 0 amide bonds. The predicted molar refractivity (Wildman–Crippen MR) is 80.4 cm³/mol. The van der Waals surface area contributed by atoms with Crippen molar-refractivity contribution < 1.29 is 0 Å². The summed E-state index contributed by atoms with van der Waals surface area (Å²) < 4.78 is 0.866. The Morgan fingerprint density at radius 2 is 2.06 bits per heavy atom. The minimum atomic E-state index is -0.177. The molecule has 94 valence electrons. The Morgan fingerprint density at radius 3 is 2.78 bits per heavy atom. The molecule has 1 aromatic carbocycles. The zero-order chi connectivity index (χ0) is 13.1. The lowest BCUT2D eigenvalue weighted by Gasteiger charge is -2.13. The summed E-state index contributed by atoms with van der Waals surface area (Å²) >= 11 is 16.1. The molecule has 1 aromatic heterocycles. The Labute approximate surface area is 125 Å². The maximum Gasteiger partial charge on any atom is 0.0655 e. The third kappa shape index (κ3) is 3.05.